The SMILES string of the molecule is FC(F)(F)OCCNCCn1cccn1. The Morgan fingerprint density at radius 1 is 1.33 bits per heavy atom. The van der Waals surface area contributed by atoms with Gasteiger partial charge in [0.1, 0.15) is 0 Å². The van der Waals surface area contributed by atoms with E-state index in [1.54, 1.807) is 23.1 Å². The Morgan fingerprint density at radius 3 is 2.73 bits per heavy atom. The lowest BCUT2D eigenvalue weighted by Crippen LogP contribution is -2.27. The number of nitrogens with zero attached hydrogens (tertiary/aromatic N) is 2. The quantitative estimate of drug-likeness (QED) is 0.731. The van der Waals surface area contributed by atoms with Crippen molar-refractivity contribution in [2.24, 2.45) is 0 Å². The van der Waals surface area contributed by atoms with Crippen molar-refractivity contribution in [3.63, 3.8) is 0 Å². The molecule has 0 saturated carbocycles. The van der Waals surface area contributed by atoms with Crippen LogP contribution in [0.25, 0.3) is 0 Å². The Kier molecular flexibility index (Phi) is 4.57. The van der Waals surface area contributed by atoms with E-state index in [0.717, 1.165) is 0 Å². The van der Waals surface area contributed by atoms with Gasteiger partial charge in [-0.05, 0) is 6.07 Å². The number of aromatic nitrogens is 2. The summed E-state index contributed by atoms with van der Waals surface area (Å²) in [6, 6.07) is 1.78. The van der Waals surface area contributed by atoms with Gasteiger partial charge in [-0.1, -0.05) is 0 Å². The second kappa shape index (κ2) is 5.72. The summed E-state index contributed by atoms with van der Waals surface area (Å²) in [7, 11) is 0. The normalized spacial score (nSPS) is 11.9. The lowest BCUT2D eigenvalue weighted by Gasteiger charge is -2.08. The molecule has 4 nitrogen and oxygen atoms in total. The Hall–Kier alpha value is -1.08. The first-order chi connectivity index (χ1) is 7.08. The zero-order valence-corrected chi connectivity index (χ0v) is 8.00. The van der Waals surface area contributed by atoms with Gasteiger partial charge in [0.05, 0.1) is 13.2 Å². The van der Waals surface area contributed by atoms with Crippen LogP contribution in [0.3, 0.4) is 0 Å². The minimum absolute atomic E-state index is 0.167. The fourth-order valence-corrected chi connectivity index (χ4v) is 0.990. The Bertz CT molecular complexity index is 261. The third-order valence-electron chi connectivity index (χ3n) is 1.62. The van der Waals surface area contributed by atoms with Crippen molar-refractivity contribution in [3.8, 4) is 0 Å². The standard InChI is InChI=1S/C8H12F3N3O/c9-8(10,11)15-7-4-12-3-6-14-5-1-2-13-14/h1-2,5,12H,3-4,6-7H2. The van der Waals surface area contributed by atoms with Crippen molar-refractivity contribution in [1.82, 2.24) is 15.1 Å². The first kappa shape index (κ1) is 12.0. The topological polar surface area (TPSA) is 39.1 Å². The molecule has 0 amide bonds. The molecule has 0 aliphatic heterocycles. The molecule has 86 valence electrons. The molecule has 0 aromatic carbocycles. The lowest BCUT2D eigenvalue weighted by molar-refractivity contribution is -0.323. The number of hydrogen-bond acceptors (Lipinski definition) is 3. The molecule has 0 fully saturated rings. The van der Waals surface area contributed by atoms with Gasteiger partial charge in [-0.25, -0.2) is 0 Å². The van der Waals surface area contributed by atoms with E-state index in [0.29, 0.717) is 13.1 Å². The van der Waals surface area contributed by atoms with Gasteiger partial charge in [-0.15, -0.1) is 13.2 Å². The maximum absolute atomic E-state index is 11.5. The summed E-state index contributed by atoms with van der Waals surface area (Å²) >= 11 is 0. The molecular weight excluding hydrogens is 211 g/mol. The molecule has 0 saturated heterocycles. The third-order valence-corrected chi connectivity index (χ3v) is 1.62. The molecule has 1 aromatic rings. The van der Waals surface area contributed by atoms with E-state index in [9.17, 15) is 13.2 Å². The van der Waals surface area contributed by atoms with E-state index >= 15 is 0 Å². The van der Waals surface area contributed by atoms with Gasteiger partial charge >= 0.3 is 6.36 Å². The average Bonchev–Trinajstić information content (AvgIpc) is 2.61. The summed E-state index contributed by atoms with van der Waals surface area (Å²) < 4.78 is 39.8. The zero-order valence-electron chi connectivity index (χ0n) is 8.00. The number of rotatable bonds is 6. The molecule has 0 spiro atoms. The van der Waals surface area contributed by atoms with E-state index in [1.165, 1.54) is 0 Å². The van der Waals surface area contributed by atoms with Crippen molar-refractivity contribution in [1.29, 1.82) is 0 Å². The molecule has 0 aliphatic rings. The summed E-state index contributed by atoms with van der Waals surface area (Å²) in [6.07, 6.45) is -1.11. The molecule has 0 aliphatic carbocycles. The number of hydrogen-bond donors (Lipinski definition) is 1. The van der Waals surface area contributed by atoms with Crippen LogP contribution in [0.15, 0.2) is 18.5 Å². The second-order valence-electron chi connectivity index (χ2n) is 2.81. The van der Waals surface area contributed by atoms with Crippen LogP contribution < -0.4 is 5.32 Å². The maximum Gasteiger partial charge on any atom is 0.522 e. The van der Waals surface area contributed by atoms with Gasteiger partial charge in [-0.3, -0.25) is 9.42 Å². The van der Waals surface area contributed by atoms with Crippen LogP contribution in [-0.2, 0) is 11.3 Å². The highest BCUT2D eigenvalue weighted by Crippen LogP contribution is 2.14. The predicted octanol–water partition coefficient (Wildman–Crippen LogP) is 1.01. The van der Waals surface area contributed by atoms with E-state index in [2.05, 4.69) is 15.2 Å². The summed E-state index contributed by atoms with van der Waals surface area (Å²) in [5.74, 6) is 0. The van der Waals surface area contributed by atoms with Gasteiger partial charge < -0.3 is 5.32 Å². The fraction of sp³-hybridized carbons (Fsp3) is 0.625. The first-order valence-corrected chi connectivity index (χ1v) is 4.47. The molecular formula is C8H12F3N3O. The van der Waals surface area contributed by atoms with Gasteiger partial charge in [0.2, 0.25) is 0 Å². The van der Waals surface area contributed by atoms with Crippen molar-refractivity contribution in [2.45, 2.75) is 12.9 Å². The third kappa shape index (κ3) is 6.08. The molecule has 7 heteroatoms. The molecule has 1 aromatic heterocycles. The average molecular weight is 223 g/mol. The van der Waals surface area contributed by atoms with Crippen LogP contribution in [0.4, 0.5) is 13.2 Å². The maximum atomic E-state index is 11.5. The highest BCUT2D eigenvalue weighted by molar-refractivity contribution is 4.77. The Labute approximate surface area is 85.0 Å². The van der Waals surface area contributed by atoms with Crippen molar-refractivity contribution in [3.05, 3.63) is 18.5 Å². The minimum atomic E-state index is -4.54. The van der Waals surface area contributed by atoms with Crippen LogP contribution in [0.2, 0.25) is 0 Å². The molecule has 0 radical (unpaired) electrons. The summed E-state index contributed by atoms with van der Waals surface area (Å²) in [4.78, 5) is 0. The van der Waals surface area contributed by atoms with E-state index in [-0.39, 0.29) is 13.2 Å². The zero-order chi connectivity index (χ0) is 11.1. The van der Waals surface area contributed by atoms with E-state index in [4.69, 9.17) is 0 Å². The van der Waals surface area contributed by atoms with Crippen LogP contribution >= 0.6 is 0 Å². The second-order valence-corrected chi connectivity index (χ2v) is 2.81. The molecule has 15 heavy (non-hydrogen) atoms. The largest absolute Gasteiger partial charge is 0.522 e. The lowest BCUT2D eigenvalue weighted by atomic mass is 10.6. The van der Waals surface area contributed by atoms with E-state index in [1.807, 2.05) is 0 Å². The number of alkyl halides is 3. The smallest absolute Gasteiger partial charge is 0.313 e. The van der Waals surface area contributed by atoms with E-state index < -0.39 is 6.36 Å². The van der Waals surface area contributed by atoms with Gasteiger partial charge in [-0.2, -0.15) is 5.10 Å². The minimum Gasteiger partial charge on any atom is -0.313 e. The molecule has 1 rings (SSSR count). The molecule has 1 N–H and O–H groups in total. The summed E-state index contributed by atoms with van der Waals surface area (Å²) in [5, 5.41) is 6.75. The highest BCUT2D eigenvalue weighted by Gasteiger charge is 2.28. The van der Waals surface area contributed by atoms with Crippen LogP contribution in [-0.4, -0.2) is 35.8 Å². The highest BCUT2D eigenvalue weighted by atomic mass is 19.4. The molecule has 0 bridgehead atoms. The first-order valence-electron chi connectivity index (χ1n) is 4.47. The molecule has 1 heterocycles. The Balaban J connectivity index is 1.94. The van der Waals surface area contributed by atoms with Gasteiger partial charge in [0.25, 0.3) is 0 Å². The van der Waals surface area contributed by atoms with Gasteiger partial charge in [0, 0.05) is 25.5 Å². The van der Waals surface area contributed by atoms with Crippen LogP contribution in [0.5, 0.6) is 0 Å². The molecule has 0 unspecified atom stereocenters. The monoisotopic (exact) mass is 223 g/mol. The van der Waals surface area contributed by atoms with Gasteiger partial charge in [0.15, 0.2) is 0 Å². The summed E-state index contributed by atoms with van der Waals surface area (Å²) in [6.45, 7) is 0.977. The number of ether oxygens (including phenoxy) is 1. The van der Waals surface area contributed by atoms with Crippen LogP contribution in [0.1, 0.15) is 0 Å². The Morgan fingerprint density at radius 2 is 2.13 bits per heavy atom. The number of halogens is 3. The predicted molar refractivity (Wildman–Crippen MR) is 47.1 cm³/mol. The summed E-state index contributed by atoms with van der Waals surface area (Å²) in [5.41, 5.74) is 0. The molecule has 0 atom stereocenters. The van der Waals surface area contributed by atoms with Crippen LogP contribution in [0, 0.1) is 0 Å². The van der Waals surface area contributed by atoms with Crippen molar-refractivity contribution in [2.75, 3.05) is 19.7 Å². The fourth-order valence-electron chi connectivity index (χ4n) is 0.990. The van der Waals surface area contributed by atoms with Crippen molar-refractivity contribution >= 4 is 0 Å². The number of nitrogens with one attached hydrogen (secondary N) is 1. The van der Waals surface area contributed by atoms with Crippen molar-refractivity contribution < 1.29 is 17.9 Å².